The average Bonchev–Trinajstić information content (AvgIpc) is 3.59. The van der Waals surface area contributed by atoms with E-state index in [1.165, 1.54) is 4.90 Å². The van der Waals surface area contributed by atoms with Gasteiger partial charge in [-0.3, -0.25) is 14.4 Å². The van der Waals surface area contributed by atoms with Crippen molar-refractivity contribution in [1.29, 1.82) is 0 Å². The highest BCUT2D eigenvalue weighted by atomic mass is 35.5. The third kappa shape index (κ3) is 5.25. The molecule has 3 aliphatic rings. The summed E-state index contributed by atoms with van der Waals surface area (Å²) in [5.74, 6) is -1.30. The fourth-order valence-corrected chi connectivity index (χ4v) is 9.71. The van der Waals surface area contributed by atoms with Crippen LogP contribution in [0.2, 0.25) is 5.02 Å². The molecular formula is C33H38ClN3O5S. The molecule has 3 heterocycles. The fraction of sp³-hybridized carbons (Fsp3) is 0.424. The number of aliphatic hydroxyl groups is 1. The first kappa shape index (κ1) is 31.2. The van der Waals surface area contributed by atoms with Crippen LogP contribution in [0.25, 0.3) is 0 Å². The minimum Gasteiger partial charge on any atom is -0.494 e. The van der Waals surface area contributed by atoms with Crippen LogP contribution in [0.1, 0.15) is 20.3 Å². The molecule has 0 aliphatic carbocycles. The molecule has 0 saturated carbocycles. The number of rotatable bonds is 12. The van der Waals surface area contributed by atoms with E-state index in [1.54, 1.807) is 58.0 Å². The normalized spacial score (nSPS) is 27.1. The minimum absolute atomic E-state index is 0.00412. The van der Waals surface area contributed by atoms with Crippen LogP contribution in [-0.2, 0) is 14.4 Å². The van der Waals surface area contributed by atoms with Crippen molar-refractivity contribution in [3.05, 3.63) is 78.9 Å². The van der Waals surface area contributed by atoms with Gasteiger partial charge in [0.25, 0.3) is 5.91 Å². The van der Waals surface area contributed by atoms with Crippen molar-refractivity contribution in [3.8, 4) is 5.75 Å². The SMILES string of the molecule is C=CCN(C(=O)C1N(CCO)C(=O)[C@@H]2[C@H](C(=O)N(CC=C)c3ccc(OCC)cc3)[C@@H]3CC(C)C12S3)c1ccc(Cl)cc1. The van der Waals surface area contributed by atoms with Crippen LogP contribution in [0.3, 0.4) is 0 Å². The number of hydrogen-bond donors (Lipinski definition) is 1. The zero-order chi connectivity index (χ0) is 30.9. The Kier molecular flexibility index (Phi) is 9.25. The molecule has 1 spiro atoms. The number of carbonyl (C=O) groups is 3. The number of thioether (sulfide) groups is 1. The molecule has 5 rings (SSSR count). The van der Waals surface area contributed by atoms with Crippen molar-refractivity contribution < 1.29 is 24.2 Å². The van der Waals surface area contributed by atoms with Crippen LogP contribution in [0.5, 0.6) is 5.75 Å². The van der Waals surface area contributed by atoms with Gasteiger partial charge in [0.05, 0.1) is 29.8 Å². The summed E-state index contributed by atoms with van der Waals surface area (Å²) in [5.41, 5.74) is 1.32. The molecule has 1 N–H and O–H groups in total. The summed E-state index contributed by atoms with van der Waals surface area (Å²) in [5, 5.41) is 10.4. The highest BCUT2D eigenvalue weighted by Crippen LogP contribution is 2.69. The summed E-state index contributed by atoms with van der Waals surface area (Å²) in [7, 11) is 0. The number of carbonyl (C=O) groups excluding carboxylic acids is 3. The third-order valence-corrected chi connectivity index (χ3v) is 11.2. The molecule has 10 heteroatoms. The van der Waals surface area contributed by atoms with Gasteiger partial charge < -0.3 is 24.5 Å². The maximum absolute atomic E-state index is 14.6. The number of nitrogens with zero attached hydrogens (tertiary/aromatic N) is 3. The topological polar surface area (TPSA) is 90.4 Å². The average molecular weight is 624 g/mol. The van der Waals surface area contributed by atoms with E-state index in [2.05, 4.69) is 20.1 Å². The first-order chi connectivity index (χ1) is 20.7. The first-order valence-electron chi connectivity index (χ1n) is 14.7. The van der Waals surface area contributed by atoms with Crippen molar-refractivity contribution in [2.45, 2.75) is 36.3 Å². The molecule has 228 valence electrons. The lowest BCUT2D eigenvalue weighted by atomic mass is 9.65. The summed E-state index contributed by atoms with van der Waals surface area (Å²) in [6, 6.07) is 13.4. The van der Waals surface area contributed by atoms with Gasteiger partial charge in [0.2, 0.25) is 11.8 Å². The number of ether oxygens (including phenoxy) is 1. The molecule has 3 amide bonds. The van der Waals surface area contributed by atoms with Crippen LogP contribution >= 0.6 is 23.4 Å². The van der Waals surface area contributed by atoms with Crippen LogP contribution in [0.4, 0.5) is 11.4 Å². The van der Waals surface area contributed by atoms with Crippen molar-refractivity contribution in [3.63, 3.8) is 0 Å². The maximum atomic E-state index is 14.6. The number of likely N-dealkylation sites (tertiary alicyclic amines) is 1. The molecule has 0 aromatic heterocycles. The molecule has 3 saturated heterocycles. The zero-order valence-electron chi connectivity index (χ0n) is 24.5. The van der Waals surface area contributed by atoms with E-state index < -0.39 is 22.6 Å². The number of hydrogen-bond acceptors (Lipinski definition) is 6. The van der Waals surface area contributed by atoms with Gasteiger partial charge in [-0.15, -0.1) is 24.9 Å². The molecule has 0 radical (unpaired) electrons. The van der Waals surface area contributed by atoms with E-state index in [1.807, 2.05) is 31.2 Å². The van der Waals surface area contributed by atoms with Crippen LogP contribution in [0.15, 0.2) is 73.8 Å². The van der Waals surface area contributed by atoms with E-state index in [0.29, 0.717) is 35.2 Å². The lowest BCUT2D eigenvalue weighted by molar-refractivity contribution is -0.139. The van der Waals surface area contributed by atoms with Gasteiger partial charge in [-0.2, -0.15) is 0 Å². The Balaban J connectivity index is 1.54. The smallest absolute Gasteiger partial charge is 0.251 e. The molecular weight excluding hydrogens is 586 g/mol. The van der Waals surface area contributed by atoms with Crippen molar-refractivity contribution in [2.75, 3.05) is 42.6 Å². The number of amides is 3. The molecule has 6 atom stereocenters. The second kappa shape index (κ2) is 12.8. The van der Waals surface area contributed by atoms with Crippen LogP contribution in [0, 0.1) is 17.8 Å². The summed E-state index contributed by atoms with van der Waals surface area (Å²) >= 11 is 7.73. The number of fused-ring (bicyclic) bond motifs is 1. The molecule has 3 fully saturated rings. The summed E-state index contributed by atoms with van der Waals surface area (Å²) in [6.45, 7) is 12.5. The summed E-state index contributed by atoms with van der Waals surface area (Å²) in [4.78, 5) is 48.1. The Morgan fingerprint density at radius 2 is 1.65 bits per heavy atom. The molecule has 2 bridgehead atoms. The molecule has 2 aromatic rings. The van der Waals surface area contributed by atoms with Crippen molar-refractivity contribution in [2.24, 2.45) is 17.8 Å². The fourth-order valence-electron chi connectivity index (χ4n) is 7.17. The molecule has 3 aliphatic heterocycles. The second-order valence-corrected chi connectivity index (χ2v) is 13.2. The Bertz CT molecular complexity index is 1390. The lowest BCUT2D eigenvalue weighted by Crippen LogP contribution is -2.58. The quantitative estimate of drug-likeness (QED) is 0.342. The van der Waals surface area contributed by atoms with Gasteiger partial charge in [-0.25, -0.2) is 0 Å². The van der Waals surface area contributed by atoms with E-state index in [-0.39, 0.29) is 55.1 Å². The van der Waals surface area contributed by atoms with Crippen LogP contribution < -0.4 is 14.5 Å². The minimum atomic E-state index is -0.853. The zero-order valence-corrected chi connectivity index (χ0v) is 26.1. The van der Waals surface area contributed by atoms with Gasteiger partial charge in [0.15, 0.2) is 0 Å². The van der Waals surface area contributed by atoms with Gasteiger partial charge in [0.1, 0.15) is 11.8 Å². The number of halogens is 1. The molecule has 43 heavy (non-hydrogen) atoms. The summed E-state index contributed by atoms with van der Waals surface area (Å²) in [6.07, 6.45) is 4.02. The van der Waals surface area contributed by atoms with E-state index in [4.69, 9.17) is 16.3 Å². The predicted octanol–water partition coefficient (Wildman–Crippen LogP) is 4.81. The first-order valence-corrected chi connectivity index (χ1v) is 15.9. The van der Waals surface area contributed by atoms with Crippen molar-refractivity contribution >= 4 is 52.5 Å². The van der Waals surface area contributed by atoms with Crippen molar-refractivity contribution in [1.82, 2.24) is 4.90 Å². The Morgan fingerprint density at radius 3 is 2.21 bits per heavy atom. The monoisotopic (exact) mass is 623 g/mol. The Hall–Kier alpha value is -3.27. The second-order valence-electron chi connectivity index (χ2n) is 11.2. The van der Waals surface area contributed by atoms with Gasteiger partial charge >= 0.3 is 0 Å². The Labute approximate surface area is 262 Å². The number of aliphatic hydroxyl groups excluding tert-OH is 1. The number of benzene rings is 2. The van der Waals surface area contributed by atoms with Gasteiger partial charge in [-0.05, 0) is 67.8 Å². The maximum Gasteiger partial charge on any atom is 0.251 e. The Morgan fingerprint density at radius 1 is 1.07 bits per heavy atom. The van der Waals surface area contributed by atoms with E-state index in [0.717, 1.165) is 0 Å². The number of β-amino-alcohol motifs (C(OH)–C–C–N with tert-alkyl or cyclic N) is 1. The van der Waals surface area contributed by atoms with Gasteiger partial charge in [-0.1, -0.05) is 30.7 Å². The molecule has 2 aromatic carbocycles. The standard InChI is InChI=1S/C33H38ClN3O5S/c1-5-16-35(24-12-14-25(15-13-24)42-7-3)30(39)27-26-20-21(4)33(43-26)28(27)31(40)37(18-19-38)29(33)32(41)36(17-6-2)23-10-8-22(34)9-11-23/h5-6,8-15,21,26-29,38H,1-2,7,16-20H2,3-4H3/t21?,26-,27+,28-,29?,33?/m0/s1. The predicted molar refractivity (Wildman–Crippen MR) is 172 cm³/mol. The van der Waals surface area contributed by atoms with E-state index in [9.17, 15) is 19.5 Å². The third-order valence-electron chi connectivity index (χ3n) is 8.86. The largest absolute Gasteiger partial charge is 0.494 e. The molecule has 8 nitrogen and oxygen atoms in total. The van der Waals surface area contributed by atoms with Gasteiger partial charge in [0, 0.05) is 41.3 Å². The summed E-state index contributed by atoms with van der Waals surface area (Å²) < 4.78 is 4.76. The van der Waals surface area contributed by atoms with Crippen LogP contribution in [-0.4, -0.2) is 76.6 Å². The highest BCUT2D eigenvalue weighted by Gasteiger charge is 2.76. The lowest BCUT2D eigenvalue weighted by Gasteiger charge is -2.41. The van der Waals surface area contributed by atoms with E-state index >= 15 is 0 Å². The molecule has 3 unspecified atom stereocenters. The highest BCUT2D eigenvalue weighted by molar-refractivity contribution is 8.02. The number of anilines is 2.